The zero-order chi connectivity index (χ0) is 21.6. The molecule has 1 aromatic heterocycles. The van der Waals surface area contributed by atoms with Gasteiger partial charge in [-0.1, -0.05) is 24.3 Å². The number of carbonyl (C=O) groups excluding carboxylic acids is 1. The Balaban J connectivity index is 1.57. The Kier molecular flexibility index (Phi) is 6.43. The highest BCUT2D eigenvalue weighted by molar-refractivity contribution is 5.91. The third kappa shape index (κ3) is 5.19. The maximum absolute atomic E-state index is 13.0. The number of hydrogen-bond acceptors (Lipinski definition) is 5. The molecule has 1 fully saturated rings. The minimum atomic E-state index is -0.211. The molecule has 1 saturated heterocycles. The number of para-hydroxylation sites is 1. The summed E-state index contributed by atoms with van der Waals surface area (Å²) in [5.74, 6) is 1.00. The average Bonchev–Trinajstić information content (AvgIpc) is 3.30. The van der Waals surface area contributed by atoms with Gasteiger partial charge < -0.3 is 19.4 Å². The van der Waals surface area contributed by atoms with E-state index in [9.17, 15) is 9.59 Å². The number of methoxy groups -OCH3 is 1. The molecular formula is C24H25N3O4. The minimum absolute atomic E-state index is 0.0126. The number of hydrogen-bond donors (Lipinski definition) is 1. The Hall–Kier alpha value is -3.45. The predicted octanol–water partition coefficient (Wildman–Crippen LogP) is 3.15. The van der Waals surface area contributed by atoms with E-state index in [0.29, 0.717) is 29.9 Å². The highest BCUT2D eigenvalue weighted by atomic mass is 16.5. The van der Waals surface area contributed by atoms with Crippen molar-refractivity contribution in [2.24, 2.45) is 0 Å². The summed E-state index contributed by atoms with van der Waals surface area (Å²) in [5, 5.41) is 0.529. The third-order valence-corrected chi connectivity index (χ3v) is 5.27. The quantitative estimate of drug-likeness (QED) is 0.595. The number of benzene rings is 2. The lowest BCUT2D eigenvalue weighted by Gasteiger charge is -2.24. The van der Waals surface area contributed by atoms with Crippen LogP contribution in [0.1, 0.15) is 24.2 Å². The van der Waals surface area contributed by atoms with Crippen molar-refractivity contribution < 1.29 is 14.3 Å². The van der Waals surface area contributed by atoms with E-state index in [-0.39, 0.29) is 24.1 Å². The molecule has 4 rings (SSSR count). The Morgan fingerprint density at radius 2 is 2.16 bits per heavy atom. The first-order chi connectivity index (χ1) is 15.1. The van der Waals surface area contributed by atoms with E-state index in [4.69, 9.17) is 9.47 Å². The van der Waals surface area contributed by atoms with Gasteiger partial charge in [-0.3, -0.25) is 9.59 Å². The summed E-state index contributed by atoms with van der Waals surface area (Å²) >= 11 is 0. The SMILES string of the molecule is COc1cccc(/C=C/C(=O)N(Cc2nc3ccccc3c(=O)[nH]2)C[C@@H]2CCCO2)c1. The summed E-state index contributed by atoms with van der Waals surface area (Å²) < 4.78 is 11.0. The highest BCUT2D eigenvalue weighted by Gasteiger charge is 2.22. The summed E-state index contributed by atoms with van der Waals surface area (Å²) in [6.45, 7) is 1.34. The number of amides is 1. The lowest BCUT2D eigenvalue weighted by Crippen LogP contribution is -2.36. The van der Waals surface area contributed by atoms with Crippen LogP contribution in [0.4, 0.5) is 0 Å². The van der Waals surface area contributed by atoms with Crippen molar-refractivity contribution >= 4 is 22.9 Å². The lowest BCUT2D eigenvalue weighted by atomic mass is 10.2. The Morgan fingerprint density at radius 1 is 1.29 bits per heavy atom. The number of aromatic amines is 1. The molecule has 160 valence electrons. The molecule has 0 saturated carbocycles. The monoisotopic (exact) mass is 419 g/mol. The topological polar surface area (TPSA) is 84.5 Å². The first kappa shape index (κ1) is 20.8. The summed E-state index contributed by atoms with van der Waals surface area (Å²) in [6, 6.07) is 14.7. The van der Waals surface area contributed by atoms with Gasteiger partial charge in [-0.2, -0.15) is 0 Å². The number of H-pyrrole nitrogens is 1. The van der Waals surface area contributed by atoms with Crippen molar-refractivity contribution in [3.05, 3.63) is 76.3 Å². The first-order valence-electron chi connectivity index (χ1n) is 10.3. The molecule has 1 aliphatic heterocycles. The maximum atomic E-state index is 13.0. The van der Waals surface area contributed by atoms with Crippen molar-refractivity contribution in [2.45, 2.75) is 25.5 Å². The molecule has 2 aromatic carbocycles. The molecule has 1 aliphatic rings. The first-order valence-corrected chi connectivity index (χ1v) is 10.3. The standard InChI is InChI=1S/C24H25N3O4/c1-30-18-7-4-6-17(14-18)11-12-23(28)27(15-19-8-5-13-31-19)16-22-25-21-10-3-2-9-20(21)24(29)26-22/h2-4,6-7,9-12,14,19H,5,8,13,15-16H2,1H3,(H,25,26,29)/b12-11+/t19-/m0/s1. The van der Waals surface area contributed by atoms with Crippen LogP contribution >= 0.6 is 0 Å². The van der Waals surface area contributed by atoms with Crippen molar-refractivity contribution in [1.29, 1.82) is 0 Å². The molecule has 0 spiro atoms. The number of aromatic nitrogens is 2. The van der Waals surface area contributed by atoms with Crippen LogP contribution in [0.25, 0.3) is 17.0 Å². The van der Waals surface area contributed by atoms with Gasteiger partial charge in [0.25, 0.3) is 5.56 Å². The zero-order valence-electron chi connectivity index (χ0n) is 17.4. The second-order valence-corrected chi connectivity index (χ2v) is 7.49. The van der Waals surface area contributed by atoms with Gasteiger partial charge in [-0.15, -0.1) is 0 Å². The van der Waals surface area contributed by atoms with Gasteiger partial charge in [0.2, 0.25) is 5.91 Å². The number of fused-ring (bicyclic) bond motifs is 1. The van der Waals surface area contributed by atoms with Crippen molar-refractivity contribution in [1.82, 2.24) is 14.9 Å². The zero-order valence-corrected chi connectivity index (χ0v) is 17.4. The number of ether oxygens (including phenoxy) is 2. The van der Waals surface area contributed by atoms with Crippen LogP contribution in [0.3, 0.4) is 0 Å². The fourth-order valence-electron chi connectivity index (χ4n) is 3.68. The van der Waals surface area contributed by atoms with Gasteiger partial charge in [-0.25, -0.2) is 4.98 Å². The smallest absolute Gasteiger partial charge is 0.258 e. The van der Waals surface area contributed by atoms with E-state index in [0.717, 1.165) is 24.2 Å². The van der Waals surface area contributed by atoms with Gasteiger partial charge in [0.15, 0.2) is 0 Å². The van der Waals surface area contributed by atoms with E-state index in [1.54, 1.807) is 36.3 Å². The van der Waals surface area contributed by atoms with Gasteiger partial charge in [-0.05, 0) is 48.7 Å². The van der Waals surface area contributed by atoms with Crippen LogP contribution in [-0.2, 0) is 16.1 Å². The van der Waals surface area contributed by atoms with Gasteiger partial charge in [0, 0.05) is 19.2 Å². The van der Waals surface area contributed by atoms with Crippen LogP contribution in [0.15, 0.2) is 59.4 Å². The fourth-order valence-corrected chi connectivity index (χ4v) is 3.68. The molecule has 1 atom stereocenters. The molecule has 7 heteroatoms. The highest BCUT2D eigenvalue weighted by Crippen LogP contribution is 2.17. The lowest BCUT2D eigenvalue weighted by molar-refractivity contribution is -0.128. The molecule has 0 bridgehead atoms. The van der Waals surface area contributed by atoms with Crippen LogP contribution in [0.2, 0.25) is 0 Å². The van der Waals surface area contributed by atoms with E-state index in [1.165, 1.54) is 6.08 Å². The molecular weight excluding hydrogens is 394 g/mol. The molecule has 2 heterocycles. The number of carbonyl (C=O) groups is 1. The number of nitrogens with zero attached hydrogens (tertiary/aromatic N) is 2. The molecule has 31 heavy (non-hydrogen) atoms. The van der Waals surface area contributed by atoms with Crippen molar-refractivity contribution in [3.63, 3.8) is 0 Å². The van der Waals surface area contributed by atoms with E-state index in [2.05, 4.69) is 9.97 Å². The van der Waals surface area contributed by atoms with Gasteiger partial charge in [0.1, 0.15) is 11.6 Å². The molecule has 3 aromatic rings. The van der Waals surface area contributed by atoms with E-state index < -0.39 is 0 Å². The van der Waals surface area contributed by atoms with E-state index >= 15 is 0 Å². The Bertz CT molecular complexity index is 1150. The normalized spacial score (nSPS) is 16.1. The Labute approximate surface area is 180 Å². The second-order valence-electron chi connectivity index (χ2n) is 7.49. The number of rotatable bonds is 7. The summed E-state index contributed by atoms with van der Waals surface area (Å²) in [5.41, 5.74) is 1.26. The average molecular weight is 419 g/mol. The van der Waals surface area contributed by atoms with Crippen LogP contribution in [-0.4, -0.2) is 47.1 Å². The minimum Gasteiger partial charge on any atom is -0.497 e. The summed E-state index contributed by atoms with van der Waals surface area (Å²) in [6.07, 6.45) is 5.16. The molecule has 1 N–H and O–H groups in total. The van der Waals surface area contributed by atoms with Gasteiger partial charge >= 0.3 is 0 Å². The van der Waals surface area contributed by atoms with Crippen LogP contribution in [0, 0.1) is 0 Å². The van der Waals surface area contributed by atoms with Crippen LogP contribution in [0.5, 0.6) is 5.75 Å². The third-order valence-electron chi connectivity index (χ3n) is 5.27. The molecule has 1 amide bonds. The summed E-state index contributed by atoms with van der Waals surface area (Å²) in [7, 11) is 1.61. The van der Waals surface area contributed by atoms with Crippen LogP contribution < -0.4 is 10.3 Å². The predicted molar refractivity (Wildman–Crippen MR) is 119 cm³/mol. The van der Waals surface area contributed by atoms with E-state index in [1.807, 2.05) is 30.3 Å². The molecule has 7 nitrogen and oxygen atoms in total. The largest absolute Gasteiger partial charge is 0.497 e. The maximum Gasteiger partial charge on any atom is 0.258 e. The second kappa shape index (κ2) is 9.57. The fraction of sp³-hybridized carbons (Fsp3) is 0.292. The molecule has 0 unspecified atom stereocenters. The molecule has 0 radical (unpaired) electrons. The molecule has 0 aliphatic carbocycles. The van der Waals surface area contributed by atoms with Gasteiger partial charge in [0.05, 0.1) is 30.7 Å². The number of nitrogens with one attached hydrogen (secondary N) is 1. The van der Waals surface area contributed by atoms with Crippen molar-refractivity contribution in [2.75, 3.05) is 20.3 Å². The van der Waals surface area contributed by atoms with Crippen molar-refractivity contribution in [3.8, 4) is 5.75 Å². The summed E-state index contributed by atoms with van der Waals surface area (Å²) in [4.78, 5) is 34.5. The Morgan fingerprint density at radius 3 is 2.97 bits per heavy atom.